The second-order valence-corrected chi connectivity index (χ2v) is 6.88. The summed E-state index contributed by atoms with van der Waals surface area (Å²) in [5.74, 6) is 0. The molecule has 0 fully saturated rings. The first-order valence-electron chi connectivity index (χ1n) is 7.88. The molecule has 1 aliphatic carbocycles. The Morgan fingerprint density at radius 2 is 2.14 bits per heavy atom. The number of H-pyrrole nitrogens is 1. The van der Waals surface area contributed by atoms with Crippen molar-refractivity contribution in [3.63, 3.8) is 0 Å². The highest BCUT2D eigenvalue weighted by molar-refractivity contribution is 5.37. The van der Waals surface area contributed by atoms with Gasteiger partial charge < -0.3 is 5.32 Å². The maximum atomic E-state index is 4.09. The predicted octanol–water partition coefficient (Wildman–Crippen LogP) is 3.56. The van der Waals surface area contributed by atoms with Crippen LogP contribution in [0.5, 0.6) is 0 Å². The van der Waals surface area contributed by atoms with Gasteiger partial charge in [0.05, 0.1) is 6.20 Å². The second kappa shape index (κ2) is 5.64. The van der Waals surface area contributed by atoms with Crippen LogP contribution in [0.2, 0.25) is 0 Å². The van der Waals surface area contributed by atoms with Crippen molar-refractivity contribution in [2.24, 2.45) is 5.41 Å². The molecule has 21 heavy (non-hydrogen) atoms. The van der Waals surface area contributed by atoms with Gasteiger partial charge in [0, 0.05) is 11.7 Å². The number of fused-ring (bicyclic) bond motifs is 1. The Kier molecular flexibility index (Phi) is 3.85. The van der Waals surface area contributed by atoms with Crippen molar-refractivity contribution in [2.75, 3.05) is 6.54 Å². The van der Waals surface area contributed by atoms with E-state index in [4.69, 9.17) is 0 Å². The summed E-state index contributed by atoms with van der Waals surface area (Å²) in [7, 11) is 0. The summed E-state index contributed by atoms with van der Waals surface area (Å²) in [4.78, 5) is 0. The van der Waals surface area contributed by atoms with Gasteiger partial charge in [-0.3, -0.25) is 5.10 Å². The number of rotatable bonds is 5. The molecule has 1 aromatic carbocycles. The van der Waals surface area contributed by atoms with Gasteiger partial charge in [0.1, 0.15) is 0 Å². The molecule has 0 amide bonds. The lowest BCUT2D eigenvalue weighted by atomic mass is 9.85. The van der Waals surface area contributed by atoms with Crippen LogP contribution in [-0.4, -0.2) is 16.7 Å². The number of aryl methyl sites for hydroxylation is 2. The molecular weight excluding hydrogens is 258 g/mol. The molecule has 1 atom stereocenters. The first kappa shape index (κ1) is 14.3. The van der Waals surface area contributed by atoms with Crippen molar-refractivity contribution in [1.29, 1.82) is 0 Å². The van der Waals surface area contributed by atoms with Crippen molar-refractivity contribution in [3.05, 3.63) is 52.8 Å². The van der Waals surface area contributed by atoms with E-state index in [1.807, 2.05) is 6.20 Å². The fraction of sp³-hybridized carbons (Fsp3) is 0.500. The topological polar surface area (TPSA) is 40.7 Å². The normalized spacial score (nSPS) is 19.7. The molecule has 0 aliphatic heterocycles. The third-order valence-corrected chi connectivity index (χ3v) is 4.70. The molecule has 0 spiro atoms. The summed E-state index contributed by atoms with van der Waals surface area (Å²) in [5, 5.41) is 10.9. The molecule has 1 aliphatic rings. The number of aromatic nitrogens is 2. The largest absolute Gasteiger partial charge is 0.309 e. The van der Waals surface area contributed by atoms with Gasteiger partial charge in [-0.1, -0.05) is 38.1 Å². The maximum absolute atomic E-state index is 4.09. The van der Waals surface area contributed by atoms with E-state index in [1.54, 1.807) is 0 Å². The Bertz CT molecular complexity index is 612. The third kappa shape index (κ3) is 2.88. The number of aromatic amines is 1. The van der Waals surface area contributed by atoms with Gasteiger partial charge in [0.25, 0.3) is 0 Å². The predicted molar refractivity (Wildman–Crippen MR) is 86.3 cm³/mol. The van der Waals surface area contributed by atoms with E-state index in [-0.39, 0.29) is 0 Å². The number of nitrogens with zero attached hydrogens (tertiary/aromatic N) is 1. The zero-order valence-electron chi connectivity index (χ0n) is 13.2. The van der Waals surface area contributed by atoms with Gasteiger partial charge in [0.15, 0.2) is 0 Å². The van der Waals surface area contributed by atoms with E-state index < -0.39 is 0 Å². The van der Waals surface area contributed by atoms with Gasteiger partial charge in [-0.15, -0.1) is 0 Å². The smallest absolute Gasteiger partial charge is 0.0522 e. The molecule has 3 heteroatoms. The van der Waals surface area contributed by atoms with Gasteiger partial charge >= 0.3 is 0 Å². The maximum Gasteiger partial charge on any atom is 0.0522 e. The summed E-state index contributed by atoms with van der Waals surface area (Å²) in [6.07, 6.45) is 5.35. The molecule has 0 radical (unpaired) electrons. The molecule has 2 N–H and O–H groups in total. The standard InChI is InChI=1S/C18H25N3/c1-13-15(12-20-21-13)8-6-10-19-17-16-9-5-4-7-14(16)11-18(17,2)3/h4-5,7,9,12,17,19H,6,8,10-11H2,1-3H3,(H,20,21). The Labute approximate surface area is 127 Å². The SMILES string of the molecule is Cc1[nH]ncc1CCCNC1c2ccccc2CC1(C)C. The highest BCUT2D eigenvalue weighted by Gasteiger charge is 2.37. The Hall–Kier alpha value is -1.61. The van der Waals surface area contributed by atoms with Crippen LogP contribution in [0.15, 0.2) is 30.5 Å². The van der Waals surface area contributed by atoms with E-state index in [1.165, 1.54) is 28.8 Å². The fourth-order valence-electron chi connectivity index (χ4n) is 3.53. The van der Waals surface area contributed by atoms with Gasteiger partial charge in [-0.25, -0.2) is 0 Å². The lowest BCUT2D eigenvalue weighted by molar-refractivity contribution is 0.269. The van der Waals surface area contributed by atoms with Crippen LogP contribution in [0.3, 0.4) is 0 Å². The Balaban J connectivity index is 1.58. The van der Waals surface area contributed by atoms with Gasteiger partial charge in [-0.2, -0.15) is 5.10 Å². The lowest BCUT2D eigenvalue weighted by Crippen LogP contribution is -2.32. The molecule has 3 nitrogen and oxygen atoms in total. The van der Waals surface area contributed by atoms with Crippen LogP contribution in [0.1, 0.15) is 48.7 Å². The quantitative estimate of drug-likeness (QED) is 0.824. The van der Waals surface area contributed by atoms with Gasteiger partial charge in [0.2, 0.25) is 0 Å². The molecule has 0 saturated carbocycles. The highest BCUT2D eigenvalue weighted by atomic mass is 15.1. The molecule has 1 heterocycles. The average Bonchev–Trinajstić information content (AvgIpc) is 2.95. The van der Waals surface area contributed by atoms with Crippen LogP contribution in [0.25, 0.3) is 0 Å². The number of hydrogen-bond acceptors (Lipinski definition) is 2. The van der Waals surface area contributed by atoms with Crippen molar-refractivity contribution in [1.82, 2.24) is 15.5 Å². The van der Waals surface area contributed by atoms with Crippen LogP contribution < -0.4 is 5.32 Å². The van der Waals surface area contributed by atoms with E-state index in [0.717, 1.165) is 19.4 Å². The molecule has 3 rings (SSSR count). The third-order valence-electron chi connectivity index (χ3n) is 4.70. The molecular formula is C18H25N3. The van der Waals surface area contributed by atoms with E-state index in [0.29, 0.717) is 11.5 Å². The van der Waals surface area contributed by atoms with Crippen LogP contribution in [-0.2, 0) is 12.8 Å². The molecule has 1 aromatic heterocycles. The van der Waals surface area contributed by atoms with Crippen molar-refractivity contribution < 1.29 is 0 Å². The highest BCUT2D eigenvalue weighted by Crippen LogP contribution is 2.44. The molecule has 1 unspecified atom stereocenters. The van der Waals surface area contributed by atoms with Gasteiger partial charge in [-0.05, 0) is 54.8 Å². The first-order valence-corrected chi connectivity index (χ1v) is 7.88. The number of hydrogen-bond donors (Lipinski definition) is 2. The summed E-state index contributed by atoms with van der Waals surface area (Å²) < 4.78 is 0. The zero-order valence-corrected chi connectivity index (χ0v) is 13.2. The Morgan fingerprint density at radius 3 is 2.90 bits per heavy atom. The minimum absolute atomic E-state index is 0.301. The molecule has 0 bridgehead atoms. The summed E-state index contributed by atoms with van der Waals surface area (Å²) in [6, 6.07) is 9.33. The van der Waals surface area contributed by atoms with E-state index in [2.05, 4.69) is 60.6 Å². The molecule has 112 valence electrons. The summed E-state index contributed by atoms with van der Waals surface area (Å²) in [5.41, 5.74) is 5.83. The summed E-state index contributed by atoms with van der Waals surface area (Å²) in [6.45, 7) is 7.87. The van der Waals surface area contributed by atoms with Crippen molar-refractivity contribution in [3.8, 4) is 0 Å². The number of nitrogens with one attached hydrogen (secondary N) is 2. The molecule has 0 saturated heterocycles. The fourth-order valence-corrected chi connectivity index (χ4v) is 3.53. The first-order chi connectivity index (χ1) is 10.1. The van der Waals surface area contributed by atoms with E-state index in [9.17, 15) is 0 Å². The zero-order chi connectivity index (χ0) is 14.9. The van der Waals surface area contributed by atoms with Crippen LogP contribution >= 0.6 is 0 Å². The van der Waals surface area contributed by atoms with Crippen molar-refractivity contribution >= 4 is 0 Å². The molecule has 2 aromatic rings. The van der Waals surface area contributed by atoms with Crippen LogP contribution in [0, 0.1) is 12.3 Å². The minimum Gasteiger partial charge on any atom is -0.309 e. The van der Waals surface area contributed by atoms with E-state index >= 15 is 0 Å². The minimum atomic E-state index is 0.301. The van der Waals surface area contributed by atoms with Crippen LogP contribution in [0.4, 0.5) is 0 Å². The average molecular weight is 283 g/mol. The monoisotopic (exact) mass is 283 g/mol. The van der Waals surface area contributed by atoms with Crippen molar-refractivity contribution in [2.45, 2.75) is 46.1 Å². The second-order valence-electron chi connectivity index (χ2n) is 6.88. The summed E-state index contributed by atoms with van der Waals surface area (Å²) >= 11 is 0. The number of benzene rings is 1. The lowest BCUT2D eigenvalue weighted by Gasteiger charge is -2.28. The Morgan fingerprint density at radius 1 is 1.33 bits per heavy atom.